The van der Waals surface area contributed by atoms with E-state index in [1.807, 2.05) is 55.1 Å². The van der Waals surface area contributed by atoms with Gasteiger partial charge in [0, 0.05) is 24.0 Å². The van der Waals surface area contributed by atoms with Gasteiger partial charge >= 0.3 is 0 Å². The molecule has 3 rings (SSSR count). The molecule has 0 fully saturated rings. The zero-order valence-electron chi connectivity index (χ0n) is 13.7. The number of imidazole rings is 1. The summed E-state index contributed by atoms with van der Waals surface area (Å²) in [6, 6.07) is 15.7. The largest absolute Gasteiger partial charge is 0.457 e. The highest BCUT2D eigenvalue weighted by molar-refractivity contribution is 6.30. The van der Waals surface area contributed by atoms with Gasteiger partial charge in [-0.2, -0.15) is 0 Å². The molecule has 4 heteroatoms. The van der Waals surface area contributed by atoms with Crippen LogP contribution in [-0.4, -0.2) is 9.55 Å². The van der Waals surface area contributed by atoms with Gasteiger partial charge in [0.25, 0.3) is 0 Å². The molecule has 0 saturated carbocycles. The van der Waals surface area contributed by atoms with E-state index in [1.54, 1.807) is 0 Å². The lowest BCUT2D eigenvalue weighted by Gasteiger charge is -2.12. The molecular weight excluding hydrogens is 320 g/mol. The standard InChI is InChI=1S/C20H21ClN2O/c1-16(10-12-23-13-11-22-15-23)14-17-2-6-19(7-3-17)24-20-8-4-18(21)5-9-20/h2-9,11,13,15-16H,10,12,14H2,1H3. The highest BCUT2D eigenvalue weighted by Gasteiger charge is 2.05. The molecule has 0 saturated heterocycles. The minimum absolute atomic E-state index is 0.621. The molecule has 24 heavy (non-hydrogen) atoms. The Morgan fingerprint density at radius 2 is 1.71 bits per heavy atom. The lowest BCUT2D eigenvalue weighted by molar-refractivity contribution is 0.474. The summed E-state index contributed by atoms with van der Waals surface area (Å²) in [5.41, 5.74) is 1.33. The van der Waals surface area contributed by atoms with Crippen LogP contribution < -0.4 is 4.74 Å². The molecule has 1 unspecified atom stereocenters. The zero-order valence-corrected chi connectivity index (χ0v) is 14.5. The van der Waals surface area contributed by atoms with Crippen molar-refractivity contribution in [1.29, 1.82) is 0 Å². The third-order valence-corrected chi connectivity index (χ3v) is 4.25. The normalized spacial score (nSPS) is 12.1. The van der Waals surface area contributed by atoms with E-state index >= 15 is 0 Å². The molecule has 0 amide bonds. The molecule has 2 aromatic carbocycles. The summed E-state index contributed by atoms with van der Waals surface area (Å²) in [6.45, 7) is 3.30. The predicted octanol–water partition coefficient (Wildman–Crippen LogP) is 5.60. The minimum atomic E-state index is 0.621. The average molecular weight is 341 g/mol. The summed E-state index contributed by atoms with van der Waals surface area (Å²) in [5.74, 6) is 2.25. The number of aryl methyl sites for hydroxylation is 1. The number of aromatic nitrogens is 2. The molecule has 0 N–H and O–H groups in total. The predicted molar refractivity (Wildman–Crippen MR) is 97.7 cm³/mol. The summed E-state index contributed by atoms with van der Waals surface area (Å²) in [7, 11) is 0. The molecule has 3 nitrogen and oxygen atoms in total. The van der Waals surface area contributed by atoms with Crippen molar-refractivity contribution in [3.05, 3.63) is 77.8 Å². The molecule has 0 aliphatic rings. The van der Waals surface area contributed by atoms with Crippen LogP contribution in [0.3, 0.4) is 0 Å². The van der Waals surface area contributed by atoms with Crippen LogP contribution in [0.2, 0.25) is 5.02 Å². The van der Waals surface area contributed by atoms with E-state index in [-0.39, 0.29) is 0 Å². The van der Waals surface area contributed by atoms with Gasteiger partial charge in [-0.1, -0.05) is 30.7 Å². The van der Waals surface area contributed by atoms with E-state index in [0.717, 1.165) is 30.9 Å². The van der Waals surface area contributed by atoms with Gasteiger partial charge in [-0.05, 0) is 60.7 Å². The van der Waals surface area contributed by atoms with Crippen LogP contribution in [0.4, 0.5) is 0 Å². The molecule has 3 aromatic rings. The van der Waals surface area contributed by atoms with Gasteiger partial charge in [-0.3, -0.25) is 0 Å². The smallest absolute Gasteiger partial charge is 0.127 e. The summed E-state index contributed by atoms with van der Waals surface area (Å²) in [5, 5.41) is 0.711. The summed E-state index contributed by atoms with van der Waals surface area (Å²) >= 11 is 5.88. The van der Waals surface area contributed by atoms with Crippen molar-refractivity contribution in [2.45, 2.75) is 26.3 Å². The SMILES string of the molecule is CC(CCn1ccnc1)Cc1ccc(Oc2ccc(Cl)cc2)cc1. The molecule has 1 aromatic heterocycles. The van der Waals surface area contributed by atoms with Crippen LogP contribution >= 0.6 is 11.6 Å². The Bertz CT molecular complexity index is 736. The number of hydrogen-bond acceptors (Lipinski definition) is 2. The Morgan fingerprint density at radius 3 is 2.33 bits per heavy atom. The van der Waals surface area contributed by atoms with E-state index < -0.39 is 0 Å². The van der Waals surface area contributed by atoms with Crippen LogP contribution in [0.5, 0.6) is 11.5 Å². The maximum Gasteiger partial charge on any atom is 0.127 e. The Balaban J connectivity index is 1.51. The van der Waals surface area contributed by atoms with Gasteiger partial charge in [0.1, 0.15) is 11.5 Å². The molecule has 1 heterocycles. The molecule has 0 radical (unpaired) electrons. The zero-order chi connectivity index (χ0) is 16.8. The van der Waals surface area contributed by atoms with Gasteiger partial charge in [0.15, 0.2) is 0 Å². The number of hydrogen-bond donors (Lipinski definition) is 0. The van der Waals surface area contributed by atoms with Crippen molar-refractivity contribution in [2.24, 2.45) is 5.92 Å². The fraction of sp³-hybridized carbons (Fsp3) is 0.250. The molecule has 0 aliphatic carbocycles. The molecule has 0 bridgehead atoms. The van der Waals surface area contributed by atoms with E-state index in [0.29, 0.717) is 10.9 Å². The fourth-order valence-corrected chi connectivity index (χ4v) is 2.75. The van der Waals surface area contributed by atoms with Crippen LogP contribution in [0.1, 0.15) is 18.9 Å². The third-order valence-electron chi connectivity index (χ3n) is 4.00. The van der Waals surface area contributed by atoms with E-state index in [2.05, 4.69) is 28.6 Å². The van der Waals surface area contributed by atoms with Crippen molar-refractivity contribution in [2.75, 3.05) is 0 Å². The quantitative estimate of drug-likeness (QED) is 0.560. The molecular formula is C20H21ClN2O. The van der Waals surface area contributed by atoms with Gasteiger partial charge in [-0.25, -0.2) is 4.98 Å². The number of nitrogens with zero attached hydrogens (tertiary/aromatic N) is 2. The summed E-state index contributed by atoms with van der Waals surface area (Å²) in [6.07, 6.45) is 7.91. The number of halogens is 1. The van der Waals surface area contributed by atoms with Crippen molar-refractivity contribution in [1.82, 2.24) is 9.55 Å². The monoisotopic (exact) mass is 340 g/mol. The van der Waals surface area contributed by atoms with Crippen molar-refractivity contribution in [3.8, 4) is 11.5 Å². The van der Waals surface area contributed by atoms with Crippen LogP contribution in [-0.2, 0) is 13.0 Å². The van der Waals surface area contributed by atoms with Gasteiger partial charge in [0.2, 0.25) is 0 Å². The van der Waals surface area contributed by atoms with Crippen molar-refractivity contribution < 1.29 is 4.74 Å². The first-order valence-electron chi connectivity index (χ1n) is 8.17. The van der Waals surface area contributed by atoms with Crippen molar-refractivity contribution >= 4 is 11.6 Å². The Morgan fingerprint density at radius 1 is 1.04 bits per heavy atom. The van der Waals surface area contributed by atoms with Gasteiger partial charge in [0.05, 0.1) is 6.33 Å². The second-order valence-corrected chi connectivity index (χ2v) is 6.53. The molecule has 1 atom stereocenters. The third kappa shape index (κ3) is 4.87. The maximum atomic E-state index is 5.88. The molecule has 0 spiro atoms. The highest BCUT2D eigenvalue weighted by Crippen LogP contribution is 2.24. The maximum absolute atomic E-state index is 5.88. The van der Waals surface area contributed by atoms with E-state index in [9.17, 15) is 0 Å². The molecule has 0 aliphatic heterocycles. The van der Waals surface area contributed by atoms with Gasteiger partial charge in [-0.15, -0.1) is 0 Å². The second kappa shape index (κ2) is 8.02. The number of benzene rings is 2. The summed E-state index contributed by atoms with van der Waals surface area (Å²) in [4.78, 5) is 4.07. The van der Waals surface area contributed by atoms with Crippen LogP contribution in [0.15, 0.2) is 67.3 Å². The lowest BCUT2D eigenvalue weighted by Crippen LogP contribution is -2.05. The van der Waals surface area contributed by atoms with E-state index in [4.69, 9.17) is 16.3 Å². The van der Waals surface area contributed by atoms with Crippen LogP contribution in [0.25, 0.3) is 0 Å². The Kier molecular flexibility index (Phi) is 5.55. The second-order valence-electron chi connectivity index (χ2n) is 6.10. The minimum Gasteiger partial charge on any atom is -0.457 e. The highest BCUT2D eigenvalue weighted by atomic mass is 35.5. The van der Waals surface area contributed by atoms with Crippen molar-refractivity contribution in [3.63, 3.8) is 0 Å². The number of rotatable bonds is 7. The topological polar surface area (TPSA) is 27.1 Å². The van der Waals surface area contributed by atoms with Crippen LogP contribution in [0, 0.1) is 5.92 Å². The summed E-state index contributed by atoms with van der Waals surface area (Å²) < 4.78 is 7.95. The fourth-order valence-electron chi connectivity index (χ4n) is 2.63. The van der Waals surface area contributed by atoms with E-state index in [1.165, 1.54) is 5.56 Å². The first-order valence-corrected chi connectivity index (χ1v) is 8.55. The van der Waals surface area contributed by atoms with Gasteiger partial charge < -0.3 is 9.30 Å². The lowest BCUT2D eigenvalue weighted by atomic mass is 9.98. The Labute approximate surface area is 147 Å². The average Bonchev–Trinajstić information content (AvgIpc) is 3.10. The molecule has 124 valence electrons. The number of ether oxygens (including phenoxy) is 1. The first-order chi connectivity index (χ1) is 11.7. The Hall–Kier alpha value is -2.26. The first kappa shape index (κ1) is 16.6.